The molecule has 0 atom stereocenters. The molecule has 2 aromatic carbocycles. The highest BCUT2D eigenvalue weighted by Crippen LogP contribution is 2.27. The minimum Gasteiger partial charge on any atom is -0.494 e. The van der Waals surface area contributed by atoms with Crippen LogP contribution in [0.1, 0.15) is 51.9 Å². The molecule has 0 heterocycles. The topological polar surface area (TPSA) is 96.5 Å². The molecule has 0 radical (unpaired) electrons. The summed E-state index contributed by atoms with van der Waals surface area (Å²) in [6, 6.07) is 12.9. The molecule has 0 spiro atoms. The van der Waals surface area contributed by atoms with Gasteiger partial charge in [0.1, 0.15) is 5.75 Å². The second kappa shape index (κ2) is 12.0. The summed E-state index contributed by atoms with van der Waals surface area (Å²) < 4.78 is 33.2. The molecule has 33 heavy (non-hydrogen) atoms. The van der Waals surface area contributed by atoms with E-state index in [1.165, 1.54) is 44.2 Å². The van der Waals surface area contributed by atoms with E-state index in [0.717, 1.165) is 6.42 Å². The van der Waals surface area contributed by atoms with Gasteiger partial charge in [0.05, 0.1) is 11.5 Å². The molecule has 178 valence electrons. The lowest BCUT2D eigenvalue weighted by atomic mass is 9.86. The molecule has 1 aliphatic carbocycles. The van der Waals surface area contributed by atoms with E-state index in [9.17, 15) is 13.2 Å². The molecule has 7 nitrogen and oxygen atoms in total. The van der Waals surface area contributed by atoms with E-state index >= 15 is 0 Å². The van der Waals surface area contributed by atoms with Crippen LogP contribution in [0.25, 0.3) is 0 Å². The second-order valence-electron chi connectivity index (χ2n) is 8.13. The Balaban J connectivity index is 1.49. The van der Waals surface area contributed by atoms with Crippen molar-refractivity contribution >= 4 is 44.6 Å². The summed E-state index contributed by atoms with van der Waals surface area (Å²) in [5.41, 5.74) is 1.03. The number of carbonyl (C=O) groups is 1. The number of anilines is 2. The molecule has 1 fully saturated rings. The van der Waals surface area contributed by atoms with Gasteiger partial charge in [-0.1, -0.05) is 32.1 Å². The molecule has 0 unspecified atom stereocenters. The summed E-state index contributed by atoms with van der Waals surface area (Å²) in [7, 11) is -3.74. The van der Waals surface area contributed by atoms with Crippen molar-refractivity contribution in [2.45, 2.75) is 56.8 Å². The van der Waals surface area contributed by atoms with Crippen molar-refractivity contribution in [2.24, 2.45) is 5.92 Å². The number of sulfonamides is 1. The third-order valence-electron chi connectivity index (χ3n) is 5.60. The lowest BCUT2D eigenvalue weighted by molar-refractivity contribution is -0.120. The lowest BCUT2D eigenvalue weighted by Gasteiger charge is -2.21. The van der Waals surface area contributed by atoms with E-state index in [0.29, 0.717) is 36.1 Å². The maximum atomic E-state index is 12.6. The standard InChI is InChI=1S/C24H31N3O4S2/c1-2-31-21-13-9-20(10-14-21)27-33(29,30)22-15-11-19(12-16-22)25-24(32)26-23(28)17-8-18-6-4-3-5-7-18/h9-16,18,27H,2-8,17H2,1H3,(H2,25,26,28,32). The van der Waals surface area contributed by atoms with E-state index in [1.807, 2.05) is 6.92 Å². The Bertz CT molecular complexity index is 1030. The molecule has 0 aromatic heterocycles. The number of thiocarbonyl (C=S) groups is 1. The summed E-state index contributed by atoms with van der Waals surface area (Å²) in [5, 5.41) is 5.83. The van der Waals surface area contributed by atoms with E-state index in [-0.39, 0.29) is 15.9 Å². The van der Waals surface area contributed by atoms with Crippen LogP contribution in [0.4, 0.5) is 11.4 Å². The molecule has 0 aliphatic heterocycles. The van der Waals surface area contributed by atoms with Crippen LogP contribution in [-0.4, -0.2) is 26.0 Å². The molecule has 0 saturated heterocycles. The Hall–Kier alpha value is -2.65. The van der Waals surface area contributed by atoms with Gasteiger partial charge in [-0.3, -0.25) is 9.52 Å². The number of rotatable bonds is 9. The number of hydrogen-bond donors (Lipinski definition) is 3. The molecule has 1 aliphatic rings. The molecule has 3 N–H and O–H groups in total. The van der Waals surface area contributed by atoms with Crippen molar-refractivity contribution in [1.82, 2.24) is 5.32 Å². The fourth-order valence-electron chi connectivity index (χ4n) is 3.88. The third-order valence-corrected chi connectivity index (χ3v) is 7.20. The Kier molecular flexibility index (Phi) is 9.08. The number of amides is 1. The molecule has 0 bridgehead atoms. The summed E-state index contributed by atoms with van der Waals surface area (Å²) >= 11 is 5.22. The summed E-state index contributed by atoms with van der Waals surface area (Å²) in [4.78, 5) is 12.3. The van der Waals surface area contributed by atoms with Crippen LogP contribution >= 0.6 is 12.2 Å². The minimum atomic E-state index is -3.74. The molecule has 3 rings (SSSR count). The third kappa shape index (κ3) is 8.01. The highest BCUT2D eigenvalue weighted by Gasteiger charge is 2.16. The van der Waals surface area contributed by atoms with Crippen LogP contribution < -0.4 is 20.1 Å². The van der Waals surface area contributed by atoms with Crippen LogP contribution in [0.3, 0.4) is 0 Å². The fourth-order valence-corrected chi connectivity index (χ4v) is 5.17. The smallest absolute Gasteiger partial charge is 0.261 e. The van der Waals surface area contributed by atoms with E-state index in [2.05, 4.69) is 15.4 Å². The normalized spacial score (nSPS) is 14.3. The van der Waals surface area contributed by atoms with Crippen LogP contribution in [0.2, 0.25) is 0 Å². The first-order valence-electron chi connectivity index (χ1n) is 11.3. The first-order valence-corrected chi connectivity index (χ1v) is 13.2. The zero-order valence-electron chi connectivity index (χ0n) is 18.8. The minimum absolute atomic E-state index is 0.100. The predicted octanol–water partition coefficient (Wildman–Crippen LogP) is 5.06. The summed E-state index contributed by atoms with van der Waals surface area (Å²) in [6.07, 6.45) is 7.58. The average molecular weight is 490 g/mol. The molecule has 9 heteroatoms. The first kappa shape index (κ1) is 25.0. The average Bonchev–Trinajstić information content (AvgIpc) is 2.80. The molecular formula is C24H31N3O4S2. The zero-order chi connectivity index (χ0) is 23.7. The Labute approximate surface area is 201 Å². The van der Waals surface area contributed by atoms with Gasteiger partial charge in [-0.2, -0.15) is 0 Å². The fraction of sp³-hybridized carbons (Fsp3) is 0.417. The first-order chi connectivity index (χ1) is 15.9. The van der Waals surface area contributed by atoms with Gasteiger partial charge in [-0.05, 0) is 80.0 Å². The van der Waals surface area contributed by atoms with Gasteiger partial charge in [-0.25, -0.2) is 8.42 Å². The lowest BCUT2D eigenvalue weighted by Crippen LogP contribution is -2.34. The number of benzene rings is 2. The number of ether oxygens (including phenoxy) is 1. The zero-order valence-corrected chi connectivity index (χ0v) is 20.4. The largest absolute Gasteiger partial charge is 0.494 e. The number of carbonyl (C=O) groups excluding carboxylic acids is 1. The van der Waals surface area contributed by atoms with Gasteiger partial charge in [0.25, 0.3) is 10.0 Å². The van der Waals surface area contributed by atoms with Gasteiger partial charge < -0.3 is 15.4 Å². The molecule has 1 saturated carbocycles. The SMILES string of the molecule is CCOc1ccc(NS(=O)(=O)c2ccc(NC(=S)NC(=O)CCC3CCCCC3)cc2)cc1. The van der Waals surface area contributed by atoms with Gasteiger partial charge in [0, 0.05) is 17.8 Å². The van der Waals surface area contributed by atoms with Gasteiger partial charge in [0.15, 0.2) is 5.11 Å². The Morgan fingerprint density at radius 1 is 1.00 bits per heavy atom. The number of nitrogens with one attached hydrogen (secondary N) is 3. The van der Waals surface area contributed by atoms with Gasteiger partial charge in [0.2, 0.25) is 5.91 Å². The van der Waals surface area contributed by atoms with Crippen LogP contribution in [-0.2, 0) is 14.8 Å². The maximum Gasteiger partial charge on any atom is 0.261 e. The van der Waals surface area contributed by atoms with Crippen molar-refractivity contribution in [3.05, 3.63) is 48.5 Å². The highest BCUT2D eigenvalue weighted by molar-refractivity contribution is 7.92. The second-order valence-corrected chi connectivity index (χ2v) is 10.2. The Morgan fingerprint density at radius 2 is 1.64 bits per heavy atom. The molecular weight excluding hydrogens is 458 g/mol. The van der Waals surface area contributed by atoms with E-state index in [4.69, 9.17) is 17.0 Å². The Morgan fingerprint density at radius 3 is 2.27 bits per heavy atom. The monoisotopic (exact) mass is 489 g/mol. The molecule has 2 aromatic rings. The van der Waals surface area contributed by atoms with Crippen LogP contribution in [0, 0.1) is 5.92 Å². The van der Waals surface area contributed by atoms with Crippen molar-refractivity contribution in [2.75, 3.05) is 16.6 Å². The highest BCUT2D eigenvalue weighted by atomic mass is 32.2. The van der Waals surface area contributed by atoms with Crippen molar-refractivity contribution < 1.29 is 17.9 Å². The molecule has 1 amide bonds. The predicted molar refractivity (Wildman–Crippen MR) is 135 cm³/mol. The van der Waals surface area contributed by atoms with Crippen molar-refractivity contribution in [3.63, 3.8) is 0 Å². The van der Waals surface area contributed by atoms with Crippen molar-refractivity contribution in [1.29, 1.82) is 0 Å². The van der Waals surface area contributed by atoms with Crippen molar-refractivity contribution in [3.8, 4) is 5.75 Å². The summed E-state index contributed by atoms with van der Waals surface area (Å²) in [5.74, 6) is 1.21. The quantitative estimate of drug-likeness (QED) is 0.426. The van der Waals surface area contributed by atoms with E-state index < -0.39 is 10.0 Å². The number of hydrogen-bond acceptors (Lipinski definition) is 5. The van der Waals surface area contributed by atoms with Crippen LogP contribution in [0.5, 0.6) is 5.75 Å². The van der Waals surface area contributed by atoms with E-state index in [1.54, 1.807) is 36.4 Å². The van der Waals surface area contributed by atoms with Crippen LogP contribution in [0.15, 0.2) is 53.4 Å². The van der Waals surface area contributed by atoms with Gasteiger partial charge >= 0.3 is 0 Å². The maximum absolute atomic E-state index is 12.6. The summed E-state index contributed by atoms with van der Waals surface area (Å²) in [6.45, 7) is 2.42. The van der Waals surface area contributed by atoms with Gasteiger partial charge in [-0.15, -0.1) is 0 Å².